The Balaban J connectivity index is 1.60. The van der Waals surface area contributed by atoms with Crippen molar-refractivity contribution in [2.24, 2.45) is 11.1 Å². The molecule has 2 fully saturated rings. The average molecular weight is 394 g/mol. The lowest BCUT2D eigenvalue weighted by Crippen LogP contribution is -2.40. The summed E-state index contributed by atoms with van der Waals surface area (Å²) >= 11 is 0. The molecule has 3 rings (SSSR count). The van der Waals surface area contributed by atoms with E-state index in [4.69, 9.17) is 5.14 Å². The number of carbonyl (C=O) groups is 3. The van der Waals surface area contributed by atoms with E-state index in [1.165, 1.54) is 24.3 Å². The third-order valence-corrected chi connectivity index (χ3v) is 5.88. The summed E-state index contributed by atoms with van der Waals surface area (Å²) in [6, 6.07) is 4.17. The van der Waals surface area contributed by atoms with Crippen LogP contribution in [0.2, 0.25) is 0 Å². The minimum absolute atomic E-state index is 0.0788. The Labute approximate surface area is 157 Å². The first-order valence-electron chi connectivity index (χ1n) is 8.80. The van der Waals surface area contributed by atoms with E-state index in [1.807, 2.05) is 0 Å². The molecular weight excluding hydrogens is 372 g/mol. The van der Waals surface area contributed by atoms with E-state index in [9.17, 15) is 22.8 Å². The van der Waals surface area contributed by atoms with Crippen LogP contribution in [0.4, 0.5) is 10.5 Å². The lowest BCUT2D eigenvalue weighted by molar-refractivity contribution is -0.131. The maximum Gasteiger partial charge on any atom is 0.325 e. The van der Waals surface area contributed by atoms with Crippen molar-refractivity contribution in [3.63, 3.8) is 0 Å². The number of rotatable bonds is 5. The molecule has 4 N–H and O–H groups in total. The van der Waals surface area contributed by atoms with E-state index in [0.29, 0.717) is 5.69 Å². The number of hydrogen-bond acceptors (Lipinski definition) is 5. The van der Waals surface area contributed by atoms with Gasteiger partial charge in [0.15, 0.2) is 0 Å². The van der Waals surface area contributed by atoms with Gasteiger partial charge >= 0.3 is 6.03 Å². The molecule has 0 aromatic heterocycles. The normalized spacial score (nSPS) is 21.2. The molecule has 0 spiro atoms. The molecule has 1 saturated heterocycles. The summed E-state index contributed by atoms with van der Waals surface area (Å²) in [5.74, 6) is -0.799. The predicted molar refractivity (Wildman–Crippen MR) is 97.1 cm³/mol. The third kappa shape index (κ3) is 4.45. The van der Waals surface area contributed by atoms with Crippen LogP contribution in [0.5, 0.6) is 0 Å². The van der Waals surface area contributed by atoms with Crippen LogP contribution >= 0.6 is 0 Å². The Morgan fingerprint density at radius 2 is 1.78 bits per heavy atom. The topological polar surface area (TPSA) is 139 Å². The van der Waals surface area contributed by atoms with Gasteiger partial charge in [-0.25, -0.2) is 18.4 Å². The van der Waals surface area contributed by atoms with E-state index in [2.05, 4.69) is 10.6 Å². The minimum atomic E-state index is -3.82. The maximum atomic E-state index is 12.5. The number of carbonyl (C=O) groups excluding carboxylic acids is 3. The van der Waals surface area contributed by atoms with Gasteiger partial charge in [-0.15, -0.1) is 0 Å². The Bertz CT molecular complexity index is 847. The zero-order valence-corrected chi connectivity index (χ0v) is 15.5. The van der Waals surface area contributed by atoms with Crippen LogP contribution in [0.25, 0.3) is 0 Å². The van der Waals surface area contributed by atoms with Gasteiger partial charge in [0, 0.05) is 5.69 Å². The van der Waals surface area contributed by atoms with Gasteiger partial charge in [0.2, 0.25) is 15.9 Å². The number of primary sulfonamides is 1. The summed E-state index contributed by atoms with van der Waals surface area (Å²) in [5, 5.41) is 10.2. The first kappa shape index (κ1) is 19.3. The van der Waals surface area contributed by atoms with Crippen molar-refractivity contribution in [3.05, 3.63) is 24.3 Å². The van der Waals surface area contributed by atoms with Crippen LogP contribution in [-0.2, 0) is 19.6 Å². The Kier molecular flexibility index (Phi) is 5.47. The molecule has 27 heavy (non-hydrogen) atoms. The van der Waals surface area contributed by atoms with E-state index >= 15 is 0 Å². The molecule has 0 radical (unpaired) electrons. The summed E-state index contributed by atoms with van der Waals surface area (Å²) in [6.07, 6.45) is 5.01. The molecule has 0 unspecified atom stereocenters. The monoisotopic (exact) mass is 394 g/mol. The lowest BCUT2D eigenvalue weighted by Gasteiger charge is -2.25. The van der Waals surface area contributed by atoms with Crippen molar-refractivity contribution >= 4 is 33.6 Å². The summed E-state index contributed by atoms with van der Waals surface area (Å²) in [7, 11) is -3.82. The Morgan fingerprint density at radius 3 is 2.37 bits per heavy atom. The predicted octanol–water partition coefficient (Wildman–Crippen LogP) is 0.773. The largest absolute Gasteiger partial charge is 0.326 e. The molecule has 1 heterocycles. The fourth-order valence-corrected chi connectivity index (χ4v) is 4.06. The van der Waals surface area contributed by atoms with Gasteiger partial charge in [0.25, 0.3) is 5.91 Å². The maximum absolute atomic E-state index is 12.5. The SMILES string of the molecule is NS(=O)(=O)c1ccc(NC(=O)CN2C(=O)N[C@@H](C3CCCCC3)C2=O)cc1. The fourth-order valence-electron chi connectivity index (χ4n) is 3.55. The highest BCUT2D eigenvalue weighted by atomic mass is 32.2. The van der Waals surface area contributed by atoms with Crippen molar-refractivity contribution in [3.8, 4) is 0 Å². The standard InChI is InChI=1S/C17H22N4O5S/c18-27(25,26)13-8-6-12(7-9-13)19-14(22)10-21-16(23)15(20-17(21)24)11-4-2-1-3-5-11/h6-9,11,15H,1-5,10H2,(H,19,22)(H,20,24)(H2,18,25,26)/t15-/m0/s1. The second-order valence-electron chi connectivity index (χ2n) is 6.87. The first-order valence-corrected chi connectivity index (χ1v) is 10.3. The van der Waals surface area contributed by atoms with Crippen LogP contribution in [-0.4, -0.2) is 43.7 Å². The van der Waals surface area contributed by atoms with Crippen molar-refractivity contribution in [2.75, 3.05) is 11.9 Å². The number of nitrogens with zero attached hydrogens (tertiary/aromatic N) is 1. The molecule has 1 aliphatic heterocycles. The van der Waals surface area contributed by atoms with Crippen LogP contribution in [0.3, 0.4) is 0 Å². The van der Waals surface area contributed by atoms with Crippen LogP contribution in [0.15, 0.2) is 29.2 Å². The van der Waals surface area contributed by atoms with Crippen LogP contribution in [0.1, 0.15) is 32.1 Å². The van der Waals surface area contributed by atoms with Crippen LogP contribution in [0, 0.1) is 5.92 Å². The second kappa shape index (κ2) is 7.65. The first-order chi connectivity index (χ1) is 12.8. The summed E-state index contributed by atoms with van der Waals surface area (Å²) in [6.45, 7) is -0.398. The third-order valence-electron chi connectivity index (χ3n) is 4.95. The molecule has 1 aromatic rings. The highest BCUT2D eigenvalue weighted by Gasteiger charge is 2.43. The van der Waals surface area contributed by atoms with Crippen molar-refractivity contribution in [1.82, 2.24) is 10.2 Å². The van der Waals surface area contributed by atoms with Crippen molar-refractivity contribution in [2.45, 2.75) is 43.0 Å². The van der Waals surface area contributed by atoms with E-state index in [-0.39, 0.29) is 16.7 Å². The smallest absolute Gasteiger partial charge is 0.325 e. The Hall–Kier alpha value is -2.46. The molecule has 4 amide bonds. The van der Waals surface area contributed by atoms with Gasteiger partial charge in [0.1, 0.15) is 12.6 Å². The average Bonchev–Trinajstić information content (AvgIpc) is 2.90. The van der Waals surface area contributed by atoms with Gasteiger partial charge in [-0.05, 0) is 43.0 Å². The number of nitrogens with one attached hydrogen (secondary N) is 2. The molecular formula is C17H22N4O5S. The molecule has 9 nitrogen and oxygen atoms in total. The van der Waals surface area contributed by atoms with Gasteiger partial charge in [-0.1, -0.05) is 19.3 Å². The van der Waals surface area contributed by atoms with Gasteiger partial charge in [0.05, 0.1) is 4.90 Å². The minimum Gasteiger partial charge on any atom is -0.326 e. The zero-order valence-electron chi connectivity index (χ0n) is 14.7. The molecule has 1 atom stereocenters. The van der Waals surface area contributed by atoms with Crippen LogP contribution < -0.4 is 15.8 Å². The van der Waals surface area contributed by atoms with E-state index in [0.717, 1.165) is 37.0 Å². The number of anilines is 1. The molecule has 1 aromatic carbocycles. The molecule has 1 aliphatic carbocycles. The number of benzene rings is 1. The van der Waals surface area contributed by atoms with E-state index < -0.39 is 34.5 Å². The molecule has 2 aliphatic rings. The number of imide groups is 1. The highest BCUT2D eigenvalue weighted by molar-refractivity contribution is 7.89. The highest BCUT2D eigenvalue weighted by Crippen LogP contribution is 2.29. The molecule has 10 heteroatoms. The fraction of sp³-hybridized carbons (Fsp3) is 0.471. The van der Waals surface area contributed by atoms with Gasteiger partial charge < -0.3 is 10.6 Å². The Morgan fingerprint density at radius 1 is 1.15 bits per heavy atom. The van der Waals surface area contributed by atoms with Gasteiger partial charge in [-0.2, -0.15) is 0 Å². The second-order valence-corrected chi connectivity index (χ2v) is 8.43. The van der Waals surface area contributed by atoms with E-state index in [1.54, 1.807) is 0 Å². The molecule has 0 bridgehead atoms. The summed E-state index contributed by atoms with van der Waals surface area (Å²) in [5.41, 5.74) is 0.336. The number of sulfonamides is 1. The van der Waals surface area contributed by atoms with Crippen molar-refractivity contribution < 1.29 is 22.8 Å². The van der Waals surface area contributed by atoms with Gasteiger partial charge in [-0.3, -0.25) is 14.5 Å². The van der Waals surface area contributed by atoms with Crippen molar-refractivity contribution in [1.29, 1.82) is 0 Å². The number of nitrogens with two attached hydrogens (primary N) is 1. The summed E-state index contributed by atoms with van der Waals surface area (Å²) < 4.78 is 22.5. The number of urea groups is 1. The quantitative estimate of drug-likeness (QED) is 0.633. The number of amides is 4. The summed E-state index contributed by atoms with van der Waals surface area (Å²) in [4.78, 5) is 37.7. The molecule has 1 saturated carbocycles. The lowest BCUT2D eigenvalue weighted by atomic mass is 9.84. The zero-order chi connectivity index (χ0) is 19.6. The molecule has 146 valence electrons. The number of hydrogen-bond donors (Lipinski definition) is 3.